The Hall–Kier alpha value is -4.04. The molecule has 0 spiro atoms. The van der Waals surface area contributed by atoms with Crippen LogP contribution in [0.3, 0.4) is 0 Å². The summed E-state index contributed by atoms with van der Waals surface area (Å²) in [5, 5.41) is 4.68. The van der Waals surface area contributed by atoms with E-state index >= 15 is 0 Å². The Kier molecular flexibility index (Phi) is 10.6. The monoisotopic (exact) mass is 609 g/mol. The van der Waals surface area contributed by atoms with Gasteiger partial charge in [0, 0.05) is 39.5 Å². The SMILES string of the molecule is COc1ccccc1P(CN(CP(c1ccccc1OC)c1ccccc1OC)c1ccccc1)c1ccccc1OC. The maximum Gasteiger partial charge on any atom is 0.126 e. The van der Waals surface area contributed by atoms with Crippen LogP contribution < -0.4 is 45.1 Å². The molecule has 0 aliphatic carbocycles. The Bertz CT molecular complexity index is 1420. The van der Waals surface area contributed by atoms with Crippen LogP contribution >= 0.6 is 15.8 Å². The molecule has 7 heteroatoms. The lowest BCUT2D eigenvalue weighted by Crippen LogP contribution is -2.33. The third-order valence-corrected chi connectivity index (χ3v) is 12.3. The maximum absolute atomic E-state index is 5.92. The van der Waals surface area contributed by atoms with Crippen molar-refractivity contribution >= 4 is 42.7 Å². The summed E-state index contributed by atoms with van der Waals surface area (Å²) in [5.74, 6) is 3.52. The highest BCUT2D eigenvalue weighted by Crippen LogP contribution is 2.46. The molecule has 0 saturated heterocycles. The van der Waals surface area contributed by atoms with Crippen molar-refractivity contribution in [3.63, 3.8) is 0 Å². The number of ether oxygens (including phenoxy) is 4. The molecule has 0 aromatic heterocycles. The Morgan fingerprint density at radius 2 is 0.674 bits per heavy atom. The van der Waals surface area contributed by atoms with Gasteiger partial charge in [0.15, 0.2) is 0 Å². The smallest absolute Gasteiger partial charge is 0.126 e. The molecule has 0 bridgehead atoms. The highest BCUT2D eigenvalue weighted by Gasteiger charge is 2.28. The van der Waals surface area contributed by atoms with Gasteiger partial charge in [-0.1, -0.05) is 91.0 Å². The molecule has 0 aliphatic heterocycles. The minimum Gasteiger partial charge on any atom is -0.496 e. The fraction of sp³-hybridized carbons (Fsp3) is 0.167. The molecule has 0 saturated carbocycles. The average Bonchev–Trinajstić information content (AvgIpc) is 3.09. The molecule has 0 fully saturated rings. The molecule has 0 atom stereocenters. The summed E-state index contributed by atoms with van der Waals surface area (Å²) in [5.41, 5.74) is 1.15. The summed E-state index contributed by atoms with van der Waals surface area (Å²) < 4.78 is 23.7. The van der Waals surface area contributed by atoms with Crippen molar-refractivity contribution in [2.75, 3.05) is 45.9 Å². The van der Waals surface area contributed by atoms with E-state index in [0.29, 0.717) is 0 Å². The van der Waals surface area contributed by atoms with Gasteiger partial charge in [-0.2, -0.15) is 0 Å². The van der Waals surface area contributed by atoms with Crippen LogP contribution in [0.15, 0.2) is 127 Å². The van der Waals surface area contributed by atoms with Crippen LogP contribution in [0.4, 0.5) is 5.69 Å². The molecule has 0 aliphatic rings. The number of hydrogen-bond donors (Lipinski definition) is 0. The van der Waals surface area contributed by atoms with Crippen LogP contribution in [0.1, 0.15) is 0 Å². The van der Waals surface area contributed by atoms with Crippen molar-refractivity contribution in [1.82, 2.24) is 0 Å². The molecular weight excluding hydrogens is 572 g/mol. The number of anilines is 1. The number of methoxy groups -OCH3 is 4. The van der Waals surface area contributed by atoms with Gasteiger partial charge in [0.1, 0.15) is 23.0 Å². The predicted molar refractivity (Wildman–Crippen MR) is 183 cm³/mol. The zero-order chi connectivity index (χ0) is 30.0. The van der Waals surface area contributed by atoms with Gasteiger partial charge in [0.25, 0.3) is 0 Å². The summed E-state index contributed by atoms with van der Waals surface area (Å²) in [6, 6.07) is 44.0. The van der Waals surface area contributed by atoms with E-state index in [4.69, 9.17) is 18.9 Å². The number of rotatable bonds is 13. The molecule has 0 amide bonds. The number of benzene rings is 5. The molecule has 0 heterocycles. The predicted octanol–water partition coefficient (Wildman–Crippen LogP) is 6.71. The largest absolute Gasteiger partial charge is 0.496 e. The van der Waals surface area contributed by atoms with Crippen molar-refractivity contribution < 1.29 is 18.9 Å². The molecule has 5 nitrogen and oxygen atoms in total. The van der Waals surface area contributed by atoms with Crippen LogP contribution in [0.25, 0.3) is 0 Å². The molecule has 0 N–H and O–H groups in total. The lowest BCUT2D eigenvalue weighted by atomic mass is 10.3. The zero-order valence-electron chi connectivity index (χ0n) is 25.0. The third-order valence-electron chi connectivity index (χ3n) is 7.25. The van der Waals surface area contributed by atoms with E-state index in [1.807, 2.05) is 48.5 Å². The average molecular weight is 610 g/mol. The lowest BCUT2D eigenvalue weighted by Gasteiger charge is -2.35. The Morgan fingerprint density at radius 1 is 0.395 bits per heavy atom. The summed E-state index contributed by atoms with van der Waals surface area (Å²) in [6.45, 7) is 0. The Labute approximate surface area is 257 Å². The summed E-state index contributed by atoms with van der Waals surface area (Å²) in [4.78, 5) is 2.51. The normalized spacial score (nSPS) is 10.9. The Morgan fingerprint density at radius 3 is 0.977 bits per heavy atom. The van der Waals surface area contributed by atoms with Gasteiger partial charge in [-0.15, -0.1) is 0 Å². The molecule has 0 unspecified atom stereocenters. The quantitative estimate of drug-likeness (QED) is 0.139. The molecule has 0 radical (unpaired) electrons. The van der Waals surface area contributed by atoms with Gasteiger partial charge in [0.05, 0.1) is 28.4 Å². The van der Waals surface area contributed by atoms with E-state index in [1.165, 1.54) is 21.2 Å². The number of para-hydroxylation sites is 5. The van der Waals surface area contributed by atoms with Crippen LogP contribution in [-0.4, -0.2) is 41.0 Å². The summed E-state index contributed by atoms with van der Waals surface area (Å²) >= 11 is 0. The minimum absolute atomic E-state index is 0.753. The summed E-state index contributed by atoms with van der Waals surface area (Å²) in [6.07, 6.45) is 1.51. The lowest BCUT2D eigenvalue weighted by molar-refractivity contribution is 0.417. The van der Waals surface area contributed by atoms with Gasteiger partial charge in [-0.3, -0.25) is 0 Å². The maximum atomic E-state index is 5.92. The molecule has 5 aromatic rings. The van der Waals surface area contributed by atoms with E-state index < -0.39 is 15.8 Å². The van der Waals surface area contributed by atoms with Gasteiger partial charge >= 0.3 is 0 Å². The van der Waals surface area contributed by atoms with Gasteiger partial charge in [-0.25, -0.2) is 0 Å². The molecule has 5 aromatic carbocycles. The van der Waals surface area contributed by atoms with Crippen molar-refractivity contribution in [2.45, 2.75) is 0 Å². The van der Waals surface area contributed by atoms with E-state index in [2.05, 4.69) is 83.8 Å². The highest BCUT2D eigenvalue weighted by molar-refractivity contribution is 7.74. The standard InChI is InChI=1S/C36H37NO4P2/c1-38-29-18-8-12-22-33(29)42(34-23-13-9-19-30(34)39-2)26-37(28-16-6-5-7-17-28)27-43(35-24-14-10-20-31(35)40-3)36-25-15-11-21-32(36)41-4/h5-25H,26-27H2,1-4H3. The molecule has 43 heavy (non-hydrogen) atoms. The van der Waals surface area contributed by atoms with Crippen LogP contribution in [0.2, 0.25) is 0 Å². The third kappa shape index (κ3) is 6.96. The van der Waals surface area contributed by atoms with E-state index in [9.17, 15) is 0 Å². The van der Waals surface area contributed by atoms with Crippen molar-refractivity contribution in [1.29, 1.82) is 0 Å². The number of nitrogens with zero attached hydrogens (tertiary/aromatic N) is 1. The second kappa shape index (κ2) is 14.9. The number of hydrogen-bond acceptors (Lipinski definition) is 5. The first-order valence-electron chi connectivity index (χ1n) is 14.1. The first-order chi connectivity index (χ1) is 21.2. The molecule has 220 valence electrons. The van der Waals surface area contributed by atoms with Crippen LogP contribution in [0, 0.1) is 0 Å². The van der Waals surface area contributed by atoms with Crippen molar-refractivity contribution in [2.24, 2.45) is 0 Å². The molecule has 5 rings (SSSR count). The van der Waals surface area contributed by atoms with Crippen molar-refractivity contribution in [3.8, 4) is 23.0 Å². The van der Waals surface area contributed by atoms with Gasteiger partial charge in [0.2, 0.25) is 0 Å². The highest BCUT2D eigenvalue weighted by atomic mass is 31.1. The van der Waals surface area contributed by atoms with E-state index in [0.717, 1.165) is 41.3 Å². The minimum atomic E-state index is -0.934. The first-order valence-corrected chi connectivity index (χ1v) is 17.1. The first kappa shape index (κ1) is 30.4. The second-order valence-corrected chi connectivity index (χ2v) is 13.9. The summed E-state index contributed by atoms with van der Waals surface area (Å²) in [7, 11) is 5.10. The fourth-order valence-corrected chi connectivity index (χ4v) is 10.5. The molecular formula is C36H37NO4P2. The van der Waals surface area contributed by atoms with E-state index in [1.54, 1.807) is 28.4 Å². The zero-order valence-corrected chi connectivity index (χ0v) is 26.8. The van der Waals surface area contributed by atoms with Crippen LogP contribution in [0.5, 0.6) is 23.0 Å². The van der Waals surface area contributed by atoms with Crippen molar-refractivity contribution in [3.05, 3.63) is 127 Å². The topological polar surface area (TPSA) is 40.2 Å². The van der Waals surface area contributed by atoms with Gasteiger partial charge in [-0.05, 0) is 52.2 Å². The van der Waals surface area contributed by atoms with E-state index in [-0.39, 0.29) is 0 Å². The second-order valence-electron chi connectivity index (χ2n) is 9.70. The van der Waals surface area contributed by atoms with Crippen LogP contribution in [-0.2, 0) is 0 Å². The van der Waals surface area contributed by atoms with Gasteiger partial charge < -0.3 is 23.8 Å². The fourth-order valence-electron chi connectivity index (χ4n) is 5.16. The Balaban J connectivity index is 1.67.